The molecule has 3 aromatic rings. The van der Waals surface area contributed by atoms with Crippen LogP contribution in [0.25, 0.3) is 11.3 Å². The number of nitrogen functional groups attached to an aromatic ring is 1. The Kier molecular flexibility index (Phi) is 6.28. The molecule has 1 aliphatic heterocycles. The Morgan fingerprint density at radius 1 is 1.12 bits per heavy atom. The molecule has 0 radical (unpaired) electrons. The molecule has 1 unspecified atom stereocenters. The van der Waals surface area contributed by atoms with E-state index in [4.69, 9.17) is 15.5 Å². The lowest BCUT2D eigenvalue weighted by Crippen LogP contribution is -2.50. The smallest absolute Gasteiger partial charge is 0.228 e. The number of rotatable bonds is 5. The third-order valence-electron chi connectivity index (χ3n) is 5.82. The SMILES string of the molecule is Cc1ccc(N)cc1Oc1ncccc1-c1ccnc(NC2CCCN(C(C)(C)C)C2)n1. The summed E-state index contributed by atoms with van der Waals surface area (Å²) in [6.45, 7) is 10.9. The molecule has 0 aliphatic carbocycles. The maximum atomic E-state index is 6.14. The number of nitrogens with two attached hydrogens (primary N) is 1. The zero-order valence-corrected chi connectivity index (χ0v) is 19.3. The molecule has 1 atom stereocenters. The number of nitrogens with one attached hydrogen (secondary N) is 1. The summed E-state index contributed by atoms with van der Waals surface area (Å²) in [7, 11) is 0. The van der Waals surface area contributed by atoms with Crippen molar-refractivity contribution in [2.75, 3.05) is 24.1 Å². The average Bonchev–Trinajstić information content (AvgIpc) is 2.76. The predicted molar refractivity (Wildman–Crippen MR) is 129 cm³/mol. The van der Waals surface area contributed by atoms with Crippen molar-refractivity contribution in [3.8, 4) is 22.9 Å². The zero-order chi connectivity index (χ0) is 22.7. The Morgan fingerprint density at radius 2 is 1.97 bits per heavy atom. The van der Waals surface area contributed by atoms with E-state index in [1.807, 2.05) is 43.3 Å². The fourth-order valence-electron chi connectivity index (χ4n) is 3.96. The first kappa shape index (κ1) is 22.0. The highest BCUT2D eigenvalue weighted by Gasteiger charge is 2.28. The van der Waals surface area contributed by atoms with E-state index in [1.165, 1.54) is 0 Å². The van der Waals surface area contributed by atoms with Gasteiger partial charge in [-0.3, -0.25) is 4.90 Å². The lowest BCUT2D eigenvalue weighted by Gasteiger charge is -2.41. The standard InChI is InChI=1S/C25H32N6O/c1-17-9-10-18(26)15-22(17)32-23-20(8-5-12-27-23)21-11-13-28-24(30-21)29-19-7-6-14-31(16-19)25(2,3)4/h5,8-13,15,19H,6-7,14,16,26H2,1-4H3,(H,28,29,30). The molecule has 168 valence electrons. The van der Waals surface area contributed by atoms with Gasteiger partial charge in [-0.25, -0.2) is 15.0 Å². The number of pyridine rings is 1. The molecule has 1 fully saturated rings. The number of hydrogen-bond acceptors (Lipinski definition) is 7. The molecule has 1 aliphatic rings. The molecule has 4 rings (SSSR count). The van der Waals surface area contributed by atoms with E-state index in [-0.39, 0.29) is 5.54 Å². The summed E-state index contributed by atoms with van der Waals surface area (Å²) in [6.07, 6.45) is 5.76. The van der Waals surface area contributed by atoms with E-state index in [1.54, 1.807) is 12.4 Å². The third kappa shape index (κ3) is 5.16. The number of piperidine rings is 1. The van der Waals surface area contributed by atoms with Crippen LogP contribution in [0.5, 0.6) is 11.6 Å². The molecule has 0 saturated carbocycles. The summed E-state index contributed by atoms with van der Waals surface area (Å²) in [5, 5.41) is 3.54. The van der Waals surface area contributed by atoms with Crippen LogP contribution in [-0.2, 0) is 0 Å². The second-order valence-electron chi connectivity index (χ2n) is 9.35. The van der Waals surface area contributed by atoms with Gasteiger partial charge in [0.2, 0.25) is 11.8 Å². The number of likely N-dealkylation sites (tertiary alicyclic amines) is 1. The van der Waals surface area contributed by atoms with Gasteiger partial charge in [0.25, 0.3) is 0 Å². The number of benzene rings is 1. The van der Waals surface area contributed by atoms with Gasteiger partial charge in [-0.2, -0.15) is 0 Å². The first-order valence-electron chi connectivity index (χ1n) is 11.1. The van der Waals surface area contributed by atoms with Crippen molar-refractivity contribution in [1.82, 2.24) is 19.9 Å². The Morgan fingerprint density at radius 3 is 2.78 bits per heavy atom. The minimum atomic E-state index is 0.157. The molecule has 7 heteroatoms. The number of hydrogen-bond donors (Lipinski definition) is 2. The fraction of sp³-hybridized carbons (Fsp3) is 0.400. The molecule has 2 aromatic heterocycles. The predicted octanol–water partition coefficient (Wildman–Crippen LogP) is 4.90. The highest BCUT2D eigenvalue weighted by molar-refractivity contribution is 5.66. The summed E-state index contributed by atoms with van der Waals surface area (Å²) < 4.78 is 6.14. The molecule has 3 N–H and O–H groups in total. The summed E-state index contributed by atoms with van der Waals surface area (Å²) >= 11 is 0. The average molecular weight is 433 g/mol. The summed E-state index contributed by atoms with van der Waals surface area (Å²) in [5.41, 5.74) is 9.30. The molecule has 0 bridgehead atoms. The molecule has 32 heavy (non-hydrogen) atoms. The van der Waals surface area contributed by atoms with Crippen molar-refractivity contribution in [3.63, 3.8) is 0 Å². The molecular weight excluding hydrogens is 400 g/mol. The molecule has 3 heterocycles. The minimum absolute atomic E-state index is 0.157. The molecule has 0 amide bonds. The van der Waals surface area contributed by atoms with Gasteiger partial charge in [-0.05, 0) is 76.9 Å². The second-order valence-corrected chi connectivity index (χ2v) is 9.35. The van der Waals surface area contributed by atoms with Gasteiger partial charge in [-0.15, -0.1) is 0 Å². The van der Waals surface area contributed by atoms with E-state index < -0.39 is 0 Å². The zero-order valence-electron chi connectivity index (χ0n) is 19.3. The summed E-state index contributed by atoms with van der Waals surface area (Å²) in [4.78, 5) is 16.2. The summed E-state index contributed by atoms with van der Waals surface area (Å²) in [5.74, 6) is 1.79. The fourth-order valence-corrected chi connectivity index (χ4v) is 3.96. The van der Waals surface area contributed by atoms with Crippen LogP contribution >= 0.6 is 0 Å². The minimum Gasteiger partial charge on any atom is -0.438 e. The van der Waals surface area contributed by atoms with Crippen molar-refractivity contribution in [3.05, 3.63) is 54.4 Å². The Hall–Kier alpha value is -3.19. The second kappa shape index (κ2) is 9.12. The monoisotopic (exact) mass is 432 g/mol. The normalized spacial score (nSPS) is 17.2. The van der Waals surface area contributed by atoms with Gasteiger partial charge in [0.15, 0.2) is 0 Å². The van der Waals surface area contributed by atoms with Gasteiger partial charge in [-0.1, -0.05) is 6.07 Å². The van der Waals surface area contributed by atoms with Gasteiger partial charge in [0.1, 0.15) is 5.75 Å². The number of nitrogens with zero attached hydrogens (tertiary/aromatic N) is 4. The topological polar surface area (TPSA) is 89.2 Å². The van der Waals surface area contributed by atoms with Gasteiger partial charge in [0, 0.05) is 42.3 Å². The molecular formula is C25H32N6O. The number of aromatic nitrogens is 3. The highest BCUT2D eigenvalue weighted by Crippen LogP contribution is 2.33. The van der Waals surface area contributed by atoms with Crippen LogP contribution in [0.15, 0.2) is 48.8 Å². The van der Waals surface area contributed by atoms with E-state index in [9.17, 15) is 0 Å². The maximum absolute atomic E-state index is 6.14. The first-order chi connectivity index (χ1) is 15.3. The van der Waals surface area contributed by atoms with E-state index in [0.717, 1.165) is 42.8 Å². The van der Waals surface area contributed by atoms with Crippen LogP contribution in [0.4, 0.5) is 11.6 Å². The lowest BCUT2D eigenvalue weighted by molar-refractivity contribution is 0.104. The van der Waals surface area contributed by atoms with Crippen molar-refractivity contribution in [1.29, 1.82) is 0 Å². The van der Waals surface area contributed by atoms with Crippen molar-refractivity contribution in [2.24, 2.45) is 0 Å². The Balaban J connectivity index is 1.56. The van der Waals surface area contributed by atoms with Gasteiger partial charge >= 0.3 is 0 Å². The van der Waals surface area contributed by atoms with Crippen LogP contribution in [0.2, 0.25) is 0 Å². The van der Waals surface area contributed by atoms with Crippen molar-refractivity contribution in [2.45, 2.75) is 52.1 Å². The first-order valence-corrected chi connectivity index (χ1v) is 11.1. The van der Waals surface area contributed by atoms with Crippen molar-refractivity contribution < 1.29 is 4.74 Å². The van der Waals surface area contributed by atoms with Gasteiger partial charge < -0.3 is 15.8 Å². The molecule has 0 spiro atoms. The number of anilines is 2. The number of aryl methyl sites for hydroxylation is 1. The number of ether oxygens (including phenoxy) is 1. The molecule has 1 saturated heterocycles. The van der Waals surface area contributed by atoms with E-state index >= 15 is 0 Å². The van der Waals surface area contributed by atoms with Crippen LogP contribution in [-0.4, -0.2) is 44.5 Å². The van der Waals surface area contributed by atoms with Crippen LogP contribution in [0.1, 0.15) is 39.2 Å². The van der Waals surface area contributed by atoms with Crippen molar-refractivity contribution >= 4 is 11.6 Å². The van der Waals surface area contributed by atoms with E-state index in [0.29, 0.717) is 29.3 Å². The highest BCUT2D eigenvalue weighted by atomic mass is 16.5. The van der Waals surface area contributed by atoms with E-state index in [2.05, 4.69) is 41.0 Å². The van der Waals surface area contributed by atoms with Crippen LogP contribution in [0.3, 0.4) is 0 Å². The largest absolute Gasteiger partial charge is 0.438 e. The maximum Gasteiger partial charge on any atom is 0.228 e. The van der Waals surface area contributed by atoms with Crippen LogP contribution in [0, 0.1) is 6.92 Å². The molecule has 1 aromatic carbocycles. The van der Waals surface area contributed by atoms with Crippen LogP contribution < -0.4 is 15.8 Å². The lowest BCUT2D eigenvalue weighted by atomic mass is 9.98. The molecule has 7 nitrogen and oxygen atoms in total. The Labute approximate surface area is 190 Å². The van der Waals surface area contributed by atoms with Gasteiger partial charge in [0.05, 0.1) is 11.3 Å². The third-order valence-corrected chi connectivity index (χ3v) is 5.82. The quantitative estimate of drug-likeness (QED) is 0.555. The summed E-state index contributed by atoms with van der Waals surface area (Å²) in [6, 6.07) is 11.6. The Bertz CT molecular complexity index is 1080.